The third-order valence-corrected chi connectivity index (χ3v) is 4.54. The van der Waals surface area contributed by atoms with Crippen LogP contribution in [0, 0.1) is 0 Å². The van der Waals surface area contributed by atoms with E-state index in [0.29, 0.717) is 11.6 Å². The lowest BCUT2D eigenvalue weighted by atomic mass is 10.2. The molecule has 0 aliphatic rings. The van der Waals surface area contributed by atoms with Crippen molar-refractivity contribution in [1.82, 2.24) is 19.3 Å². The largest absolute Gasteiger partial charge is 0.313 e. The van der Waals surface area contributed by atoms with Crippen LogP contribution in [0.15, 0.2) is 0 Å². The van der Waals surface area contributed by atoms with E-state index < -0.39 is 10.8 Å². The van der Waals surface area contributed by atoms with Crippen LogP contribution in [0.25, 0.3) is 11.2 Å². The van der Waals surface area contributed by atoms with Crippen LogP contribution in [0.5, 0.6) is 0 Å². The molecule has 0 aliphatic carbocycles. The molecule has 2 aromatic rings. The number of fused-ring (bicyclic) bond motifs is 1. The zero-order chi connectivity index (χ0) is 15.4. The quantitative estimate of drug-likeness (QED) is 0.698. The van der Waals surface area contributed by atoms with Gasteiger partial charge < -0.3 is 4.57 Å². The number of halogens is 1. The molecule has 21 heavy (non-hydrogen) atoms. The lowest BCUT2D eigenvalue weighted by Gasteiger charge is -2.08. The van der Waals surface area contributed by atoms with Crippen molar-refractivity contribution in [1.29, 1.82) is 0 Å². The van der Waals surface area contributed by atoms with Gasteiger partial charge in [-0.3, -0.25) is 8.89 Å². The summed E-state index contributed by atoms with van der Waals surface area (Å²) in [5.74, 6) is 2.27. The first kappa shape index (κ1) is 16.5. The van der Waals surface area contributed by atoms with Crippen molar-refractivity contribution in [3.05, 3.63) is 11.5 Å². The molecule has 0 N–H and O–H groups in total. The monoisotopic (exact) mass is 330 g/mol. The maximum Gasteiger partial charge on any atom is 0.158 e. The summed E-state index contributed by atoms with van der Waals surface area (Å²) >= 11 is 5.90. The molecule has 0 aliphatic heterocycles. The van der Waals surface area contributed by atoms with Gasteiger partial charge in [0, 0.05) is 48.7 Å². The summed E-state index contributed by atoms with van der Waals surface area (Å²) in [6, 6.07) is 0. The lowest BCUT2D eigenvalue weighted by Crippen LogP contribution is -2.10. The molecule has 0 saturated heterocycles. The van der Waals surface area contributed by atoms with E-state index in [-0.39, 0.29) is 0 Å². The zero-order valence-corrected chi connectivity index (χ0v) is 14.5. The second kappa shape index (κ2) is 7.40. The third kappa shape index (κ3) is 3.66. The fraction of sp³-hybridized carbons (Fsp3) is 0.714. The van der Waals surface area contributed by atoms with E-state index >= 15 is 0 Å². The van der Waals surface area contributed by atoms with Crippen molar-refractivity contribution in [3.8, 4) is 0 Å². The van der Waals surface area contributed by atoms with Gasteiger partial charge in [0.25, 0.3) is 0 Å². The Bertz CT molecular complexity index is 634. The Morgan fingerprint density at radius 3 is 2.71 bits per heavy atom. The zero-order valence-electron chi connectivity index (χ0n) is 12.9. The Hall–Kier alpha value is -0.880. The standard InChI is InChI=1S/C14H23ClN4OS/c1-4-6-11-13-14(18(2)17-11)19(9-5-10-21(3)20)12(16-13)7-8-15/h4-10H2,1-3H3. The number of hydrogen-bond donors (Lipinski definition) is 0. The van der Waals surface area contributed by atoms with Gasteiger partial charge in [-0.05, 0) is 12.8 Å². The molecular weight excluding hydrogens is 308 g/mol. The molecule has 0 fully saturated rings. The Balaban J connectivity index is 2.38. The van der Waals surface area contributed by atoms with Crippen molar-refractivity contribution in [2.75, 3.05) is 17.9 Å². The Labute approximate surface area is 133 Å². The average Bonchev–Trinajstić information content (AvgIpc) is 2.91. The topological polar surface area (TPSA) is 52.7 Å². The van der Waals surface area contributed by atoms with Crippen LogP contribution >= 0.6 is 11.6 Å². The highest BCUT2D eigenvalue weighted by molar-refractivity contribution is 7.84. The van der Waals surface area contributed by atoms with Gasteiger partial charge in [-0.2, -0.15) is 5.10 Å². The summed E-state index contributed by atoms with van der Waals surface area (Å²) in [6.45, 7) is 2.96. The number of alkyl halides is 1. The highest BCUT2D eigenvalue weighted by Gasteiger charge is 2.18. The van der Waals surface area contributed by atoms with E-state index in [1.807, 2.05) is 11.7 Å². The molecule has 1 atom stereocenters. The predicted molar refractivity (Wildman–Crippen MR) is 88.5 cm³/mol. The summed E-state index contributed by atoms with van der Waals surface area (Å²) < 4.78 is 15.4. The van der Waals surface area contributed by atoms with Gasteiger partial charge >= 0.3 is 0 Å². The third-order valence-electron chi connectivity index (χ3n) is 3.49. The van der Waals surface area contributed by atoms with Gasteiger partial charge in [-0.25, -0.2) is 4.98 Å². The van der Waals surface area contributed by atoms with E-state index in [0.717, 1.165) is 54.9 Å². The first-order chi connectivity index (χ1) is 10.1. The molecule has 2 rings (SSSR count). The number of aromatic nitrogens is 4. The van der Waals surface area contributed by atoms with Crippen LogP contribution in [-0.2, 0) is 37.2 Å². The lowest BCUT2D eigenvalue weighted by molar-refractivity contribution is 0.626. The molecule has 0 spiro atoms. The highest BCUT2D eigenvalue weighted by Crippen LogP contribution is 2.21. The van der Waals surface area contributed by atoms with Crippen LogP contribution in [0.2, 0.25) is 0 Å². The number of aryl methyl sites for hydroxylation is 4. The second-order valence-electron chi connectivity index (χ2n) is 5.24. The molecule has 0 saturated carbocycles. The van der Waals surface area contributed by atoms with Crippen LogP contribution in [0.1, 0.15) is 31.3 Å². The average molecular weight is 331 g/mol. The summed E-state index contributed by atoms with van der Waals surface area (Å²) in [5.41, 5.74) is 3.11. The van der Waals surface area contributed by atoms with Crippen molar-refractivity contribution in [3.63, 3.8) is 0 Å². The van der Waals surface area contributed by atoms with Crippen LogP contribution in [0.3, 0.4) is 0 Å². The number of hydrogen-bond acceptors (Lipinski definition) is 3. The minimum absolute atomic E-state index is 0.555. The van der Waals surface area contributed by atoms with E-state index in [4.69, 9.17) is 16.6 Å². The Morgan fingerprint density at radius 1 is 1.33 bits per heavy atom. The fourth-order valence-corrected chi connectivity index (χ4v) is 3.33. The maximum atomic E-state index is 11.3. The first-order valence-corrected chi connectivity index (χ1v) is 9.61. The molecule has 5 nitrogen and oxygen atoms in total. The summed E-state index contributed by atoms with van der Waals surface area (Å²) in [5, 5.41) is 4.58. The molecule has 0 radical (unpaired) electrons. The molecule has 0 aromatic carbocycles. The van der Waals surface area contributed by atoms with Crippen molar-refractivity contribution < 1.29 is 4.21 Å². The minimum atomic E-state index is -0.757. The fourth-order valence-electron chi connectivity index (χ4n) is 2.63. The normalized spacial score (nSPS) is 13.1. The van der Waals surface area contributed by atoms with E-state index in [1.165, 1.54) is 0 Å². The molecule has 7 heteroatoms. The molecule has 0 bridgehead atoms. The van der Waals surface area contributed by atoms with Gasteiger partial charge in [-0.1, -0.05) is 13.3 Å². The molecule has 1 unspecified atom stereocenters. The van der Waals surface area contributed by atoms with E-state index in [2.05, 4.69) is 16.6 Å². The molecule has 118 valence electrons. The second-order valence-corrected chi connectivity index (χ2v) is 7.17. The van der Waals surface area contributed by atoms with Crippen LogP contribution in [0.4, 0.5) is 0 Å². The predicted octanol–water partition coefficient (Wildman–Crippen LogP) is 2.27. The molecule has 2 aromatic heterocycles. The van der Waals surface area contributed by atoms with Crippen LogP contribution in [-0.4, -0.2) is 41.4 Å². The van der Waals surface area contributed by atoms with Gasteiger partial charge in [0.15, 0.2) is 5.65 Å². The smallest absolute Gasteiger partial charge is 0.158 e. The van der Waals surface area contributed by atoms with Crippen molar-refractivity contribution >= 4 is 33.6 Å². The Morgan fingerprint density at radius 2 is 2.10 bits per heavy atom. The van der Waals surface area contributed by atoms with Gasteiger partial charge in [-0.15, -0.1) is 11.6 Å². The summed E-state index contributed by atoms with van der Waals surface area (Å²) in [4.78, 5) is 4.76. The summed E-state index contributed by atoms with van der Waals surface area (Å²) in [6.07, 6.45) is 5.36. The number of nitrogens with zero attached hydrogens (tertiary/aromatic N) is 4. The first-order valence-electron chi connectivity index (χ1n) is 7.35. The van der Waals surface area contributed by atoms with Gasteiger partial charge in [0.05, 0.1) is 5.69 Å². The van der Waals surface area contributed by atoms with E-state index in [9.17, 15) is 4.21 Å². The van der Waals surface area contributed by atoms with Crippen LogP contribution < -0.4 is 0 Å². The van der Waals surface area contributed by atoms with E-state index in [1.54, 1.807) is 6.26 Å². The number of imidazole rings is 1. The Kier molecular flexibility index (Phi) is 5.81. The summed E-state index contributed by atoms with van der Waals surface area (Å²) in [7, 11) is 1.20. The molecule has 0 amide bonds. The van der Waals surface area contributed by atoms with Gasteiger partial charge in [0.1, 0.15) is 11.3 Å². The van der Waals surface area contributed by atoms with Crippen molar-refractivity contribution in [2.24, 2.45) is 7.05 Å². The SMILES string of the molecule is CCCc1nn(C)c2c1nc(CCCl)n2CCCS(C)=O. The van der Waals surface area contributed by atoms with Crippen molar-refractivity contribution in [2.45, 2.75) is 39.2 Å². The molecule has 2 heterocycles. The number of rotatable bonds is 8. The van der Waals surface area contributed by atoms with Gasteiger partial charge in [0.2, 0.25) is 0 Å². The molecular formula is C14H23ClN4OS. The maximum absolute atomic E-state index is 11.3. The highest BCUT2D eigenvalue weighted by atomic mass is 35.5. The minimum Gasteiger partial charge on any atom is -0.313 e.